The van der Waals surface area contributed by atoms with Gasteiger partial charge in [-0.3, -0.25) is 4.79 Å². The highest BCUT2D eigenvalue weighted by atomic mass is 16.6. The van der Waals surface area contributed by atoms with Crippen molar-refractivity contribution < 1.29 is 29.0 Å². The molecule has 0 bridgehead atoms. The second-order valence-corrected chi connectivity index (χ2v) is 13.3. The van der Waals surface area contributed by atoms with Crippen LogP contribution in [0.25, 0.3) is 22.2 Å². The fourth-order valence-corrected chi connectivity index (χ4v) is 6.43. The van der Waals surface area contributed by atoms with Crippen LogP contribution in [-0.4, -0.2) is 76.3 Å². The number of likely N-dealkylation sites (tertiary alicyclic amines) is 1. The van der Waals surface area contributed by atoms with Gasteiger partial charge in [-0.2, -0.15) is 0 Å². The van der Waals surface area contributed by atoms with E-state index in [-0.39, 0.29) is 30.2 Å². The van der Waals surface area contributed by atoms with Crippen LogP contribution in [0.5, 0.6) is 5.75 Å². The van der Waals surface area contributed by atoms with Crippen molar-refractivity contribution in [1.29, 1.82) is 0 Å². The lowest BCUT2D eigenvalue weighted by Crippen LogP contribution is -2.44. The van der Waals surface area contributed by atoms with Gasteiger partial charge in [-0.15, -0.1) is 0 Å². The molecule has 9 nitrogen and oxygen atoms in total. The van der Waals surface area contributed by atoms with Crippen LogP contribution in [0.3, 0.4) is 0 Å². The number of hydrogen-bond acceptors (Lipinski definition) is 5. The van der Waals surface area contributed by atoms with Gasteiger partial charge in [-0.1, -0.05) is 25.3 Å². The van der Waals surface area contributed by atoms with Gasteiger partial charge in [0.15, 0.2) is 0 Å². The average Bonchev–Trinajstić information content (AvgIpc) is 3.30. The molecule has 1 saturated carbocycles. The lowest BCUT2D eigenvalue weighted by Gasteiger charge is -2.33. The zero-order valence-electron chi connectivity index (χ0n) is 26.6. The second kappa shape index (κ2) is 12.9. The van der Waals surface area contributed by atoms with Crippen molar-refractivity contribution in [3.05, 3.63) is 53.6 Å². The van der Waals surface area contributed by atoms with Crippen molar-refractivity contribution in [1.82, 2.24) is 14.4 Å². The Morgan fingerprint density at radius 1 is 0.932 bits per heavy atom. The van der Waals surface area contributed by atoms with Crippen molar-refractivity contribution in [2.75, 3.05) is 27.2 Å². The molecule has 0 radical (unpaired) electrons. The minimum atomic E-state index is -0.988. The molecule has 5 rings (SSSR count). The summed E-state index contributed by atoms with van der Waals surface area (Å²) in [5.74, 6) is 0.0390. The molecule has 2 aromatic carbocycles. The Labute approximate surface area is 259 Å². The first-order valence-corrected chi connectivity index (χ1v) is 15.8. The van der Waals surface area contributed by atoms with Crippen molar-refractivity contribution in [2.24, 2.45) is 0 Å². The number of ether oxygens (including phenoxy) is 2. The number of rotatable bonds is 7. The molecule has 0 unspecified atom stereocenters. The van der Waals surface area contributed by atoms with Crippen LogP contribution in [-0.2, 0) is 16.1 Å². The van der Waals surface area contributed by atoms with E-state index >= 15 is 0 Å². The maximum Gasteiger partial charge on any atom is 0.410 e. The number of fused-ring (bicyclic) bond motifs is 1. The van der Waals surface area contributed by atoms with E-state index < -0.39 is 11.6 Å². The number of aromatic carboxylic acids is 1. The van der Waals surface area contributed by atoms with Gasteiger partial charge in [-0.05, 0) is 87.1 Å². The van der Waals surface area contributed by atoms with Gasteiger partial charge < -0.3 is 28.9 Å². The molecule has 0 spiro atoms. The topological polar surface area (TPSA) is 101 Å². The summed E-state index contributed by atoms with van der Waals surface area (Å²) in [4.78, 5) is 40.8. The first kappa shape index (κ1) is 31.4. The standard InChI is InChI=1S/C35H45N3O6/c1-35(2,3)44-34(42)37-19-17-27(18-20-37)43-26-14-11-24(12-15-26)32-31(23-9-7-6-8-10-23)28-16-13-25(33(40)41)21-29(28)38(32)22-30(39)36(4)5/h11-16,21,23,27H,6-10,17-20,22H2,1-5H3,(H,40,41). The number of carbonyl (C=O) groups excluding carboxylic acids is 2. The first-order valence-electron chi connectivity index (χ1n) is 15.8. The zero-order chi connectivity index (χ0) is 31.6. The van der Waals surface area contributed by atoms with Crippen molar-refractivity contribution in [3.63, 3.8) is 0 Å². The van der Waals surface area contributed by atoms with Crippen LogP contribution >= 0.6 is 0 Å². The molecule has 3 aromatic rings. The number of carboxylic acids is 1. The highest BCUT2D eigenvalue weighted by molar-refractivity contribution is 5.99. The first-order chi connectivity index (χ1) is 20.9. The molecular weight excluding hydrogens is 558 g/mol. The number of hydrogen-bond donors (Lipinski definition) is 1. The summed E-state index contributed by atoms with van der Waals surface area (Å²) in [6.45, 7) is 6.89. The molecule has 2 amide bonds. The maximum atomic E-state index is 13.1. The van der Waals surface area contributed by atoms with Crippen LogP contribution in [0, 0.1) is 0 Å². The molecule has 1 aromatic heterocycles. The summed E-state index contributed by atoms with van der Waals surface area (Å²) in [7, 11) is 3.48. The van der Waals surface area contributed by atoms with Gasteiger partial charge in [0.1, 0.15) is 24.0 Å². The molecule has 2 aliphatic rings. The fourth-order valence-electron chi connectivity index (χ4n) is 6.43. The third kappa shape index (κ3) is 7.03. The Morgan fingerprint density at radius 2 is 1.59 bits per heavy atom. The lowest BCUT2D eigenvalue weighted by molar-refractivity contribution is -0.129. The van der Waals surface area contributed by atoms with E-state index in [0.29, 0.717) is 19.0 Å². The number of nitrogens with zero attached hydrogens (tertiary/aromatic N) is 3. The minimum absolute atomic E-state index is 0.00376. The van der Waals surface area contributed by atoms with E-state index in [2.05, 4.69) is 0 Å². The summed E-state index contributed by atoms with van der Waals surface area (Å²) in [5.41, 5.74) is 3.60. The van der Waals surface area contributed by atoms with E-state index in [0.717, 1.165) is 66.4 Å². The largest absolute Gasteiger partial charge is 0.490 e. The normalized spacial score (nSPS) is 16.6. The van der Waals surface area contributed by atoms with E-state index in [1.54, 1.807) is 36.0 Å². The summed E-state index contributed by atoms with van der Waals surface area (Å²) >= 11 is 0. The van der Waals surface area contributed by atoms with Crippen LogP contribution in [0.15, 0.2) is 42.5 Å². The van der Waals surface area contributed by atoms with Crippen LogP contribution in [0.1, 0.15) is 87.6 Å². The lowest BCUT2D eigenvalue weighted by atomic mass is 9.81. The molecule has 1 saturated heterocycles. The molecule has 1 aliphatic carbocycles. The number of carboxylic acid groups (broad SMARTS) is 1. The van der Waals surface area contributed by atoms with Crippen molar-refractivity contribution in [3.8, 4) is 17.0 Å². The van der Waals surface area contributed by atoms with Crippen LogP contribution in [0.4, 0.5) is 4.79 Å². The molecule has 1 N–H and O–H groups in total. The Hall–Kier alpha value is -4.01. The molecule has 0 atom stereocenters. The van der Waals surface area contributed by atoms with Crippen molar-refractivity contribution >= 4 is 28.9 Å². The Bertz CT molecular complexity index is 1500. The molecule has 1 aliphatic heterocycles. The zero-order valence-corrected chi connectivity index (χ0v) is 26.6. The third-order valence-electron chi connectivity index (χ3n) is 8.68. The fraction of sp³-hybridized carbons (Fsp3) is 0.514. The van der Waals surface area contributed by atoms with Crippen LogP contribution in [0.2, 0.25) is 0 Å². The molecular formula is C35H45N3O6. The predicted molar refractivity (Wildman–Crippen MR) is 170 cm³/mol. The molecule has 9 heteroatoms. The summed E-state index contributed by atoms with van der Waals surface area (Å²) in [5, 5.41) is 10.8. The minimum Gasteiger partial charge on any atom is -0.490 e. The number of likely N-dealkylation sites (N-methyl/N-ethyl adjacent to an activating group) is 1. The highest BCUT2D eigenvalue weighted by Gasteiger charge is 2.30. The van der Waals surface area contributed by atoms with Gasteiger partial charge >= 0.3 is 12.1 Å². The van der Waals surface area contributed by atoms with Gasteiger partial charge in [0.25, 0.3) is 0 Å². The summed E-state index contributed by atoms with van der Waals surface area (Å²) < 4.78 is 13.9. The summed E-state index contributed by atoms with van der Waals surface area (Å²) in [6, 6.07) is 13.3. The van der Waals surface area contributed by atoms with Gasteiger partial charge in [0.05, 0.1) is 16.8 Å². The number of benzene rings is 2. The number of amides is 2. The SMILES string of the molecule is CN(C)C(=O)Cn1c(-c2ccc(OC3CCN(C(=O)OC(C)(C)C)CC3)cc2)c(C2CCCCC2)c2ccc(C(=O)O)cc21. The molecule has 2 heterocycles. The monoisotopic (exact) mass is 603 g/mol. The van der Waals surface area contributed by atoms with E-state index in [1.807, 2.05) is 55.7 Å². The molecule has 2 fully saturated rings. The number of carbonyl (C=O) groups is 3. The predicted octanol–water partition coefficient (Wildman–Crippen LogP) is 6.92. The van der Waals surface area contributed by atoms with E-state index in [4.69, 9.17) is 9.47 Å². The van der Waals surface area contributed by atoms with E-state index in [1.165, 1.54) is 12.0 Å². The average molecular weight is 604 g/mol. The second-order valence-electron chi connectivity index (χ2n) is 13.3. The smallest absolute Gasteiger partial charge is 0.410 e. The number of aromatic nitrogens is 1. The van der Waals surface area contributed by atoms with E-state index in [9.17, 15) is 19.5 Å². The van der Waals surface area contributed by atoms with Gasteiger partial charge in [0.2, 0.25) is 5.91 Å². The third-order valence-corrected chi connectivity index (χ3v) is 8.68. The maximum absolute atomic E-state index is 13.1. The Balaban J connectivity index is 1.45. The molecule has 44 heavy (non-hydrogen) atoms. The Kier molecular flexibility index (Phi) is 9.23. The van der Waals surface area contributed by atoms with Gasteiger partial charge in [0, 0.05) is 45.4 Å². The quantitative estimate of drug-likeness (QED) is 0.315. The summed E-state index contributed by atoms with van der Waals surface area (Å²) in [6.07, 6.45) is 6.81. The van der Waals surface area contributed by atoms with Gasteiger partial charge in [-0.25, -0.2) is 9.59 Å². The van der Waals surface area contributed by atoms with Crippen LogP contribution < -0.4 is 4.74 Å². The number of piperidine rings is 1. The Morgan fingerprint density at radius 3 is 2.18 bits per heavy atom. The van der Waals surface area contributed by atoms with Crippen molar-refractivity contribution in [2.45, 2.75) is 89.9 Å². The highest BCUT2D eigenvalue weighted by Crippen LogP contribution is 2.44. The molecule has 236 valence electrons.